The van der Waals surface area contributed by atoms with Crippen molar-refractivity contribution in [2.24, 2.45) is 0 Å². The van der Waals surface area contributed by atoms with Crippen molar-refractivity contribution in [3.63, 3.8) is 0 Å². The molecule has 0 amide bonds. The zero-order chi connectivity index (χ0) is 15.4. The van der Waals surface area contributed by atoms with Crippen LogP contribution in [0.2, 0.25) is 0 Å². The molecule has 0 bridgehead atoms. The number of hydrogen-bond acceptors (Lipinski definition) is 5. The Morgan fingerprint density at radius 1 is 1.43 bits per heavy atom. The molecule has 1 N–H and O–H groups in total. The number of likely N-dealkylation sites (N-methyl/N-ethyl adjacent to an activating group) is 1. The second-order valence-electron chi connectivity index (χ2n) is 5.26. The molecule has 2 rings (SSSR count). The summed E-state index contributed by atoms with van der Waals surface area (Å²) < 4.78 is 7.12. The van der Waals surface area contributed by atoms with Crippen LogP contribution in [0.1, 0.15) is 23.1 Å². The molecule has 0 saturated carbocycles. The molecule has 6 nitrogen and oxygen atoms in total. The fraction of sp³-hybridized carbons (Fsp3) is 0.467. The molecular weight excluding hydrogens is 268 g/mol. The number of pyridine rings is 1. The van der Waals surface area contributed by atoms with Crippen molar-refractivity contribution in [3.8, 4) is 5.75 Å². The van der Waals surface area contributed by atoms with E-state index in [1.165, 1.54) is 0 Å². The second kappa shape index (κ2) is 6.69. The molecule has 0 saturated heterocycles. The van der Waals surface area contributed by atoms with Crippen LogP contribution in [0.4, 0.5) is 0 Å². The lowest BCUT2D eigenvalue weighted by Gasteiger charge is -2.17. The average Bonchev–Trinajstić information content (AvgIpc) is 2.87. The van der Waals surface area contributed by atoms with E-state index < -0.39 is 6.10 Å². The zero-order valence-corrected chi connectivity index (χ0v) is 12.9. The van der Waals surface area contributed by atoms with Crippen LogP contribution in [-0.4, -0.2) is 52.5 Å². The van der Waals surface area contributed by atoms with Crippen molar-refractivity contribution in [1.29, 1.82) is 0 Å². The van der Waals surface area contributed by atoms with Gasteiger partial charge < -0.3 is 14.7 Å². The van der Waals surface area contributed by atoms with E-state index in [1.807, 2.05) is 27.1 Å². The molecule has 114 valence electrons. The molecule has 0 spiro atoms. The molecule has 2 aromatic rings. The minimum atomic E-state index is -0.786. The van der Waals surface area contributed by atoms with Gasteiger partial charge >= 0.3 is 0 Å². The monoisotopic (exact) mass is 290 g/mol. The maximum Gasteiger partial charge on any atom is 0.163 e. The van der Waals surface area contributed by atoms with Crippen molar-refractivity contribution in [3.05, 3.63) is 41.5 Å². The number of hydrogen-bond donors (Lipinski definition) is 1. The van der Waals surface area contributed by atoms with E-state index in [0.29, 0.717) is 18.0 Å². The lowest BCUT2D eigenvalue weighted by atomic mass is 10.1. The molecule has 1 atom stereocenters. The van der Waals surface area contributed by atoms with Crippen molar-refractivity contribution in [2.75, 3.05) is 27.7 Å². The van der Waals surface area contributed by atoms with Crippen LogP contribution in [-0.2, 0) is 6.54 Å². The van der Waals surface area contributed by atoms with E-state index in [2.05, 4.69) is 15.0 Å². The largest absolute Gasteiger partial charge is 0.493 e. The Labute approximate surface area is 125 Å². The van der Waals surface area contributed by atoms with Crippen molar-refractivity contribution in [2.45, 2.75) is 19.6 Å². The minimum absolute atomic E-state index is 0.593. The van der Waals surface area contributed by atoms with Crippen LogP contribution >= 0.6 is 0 Å². The van der Waals surface area contributed by atoms with Crippen LogP contribution in [0, 0.1) is 6.92 Å². The smallest absolute Gasteiger partial charge is 0.163 e. The molecule has 21 heavy (non-hydrogen) atoms. The summed E-state index contributed by atoms with van der Waals surface area (Å²) in [5.41, 5.74) is 2.32. The quantitative estimate of drug-likeness (QED) is 0.867. The van der Waals surface area contributed by atoms with E-state index in [-0.39, 0.29) is 0 Å². The van der Waals surface area contributed by atoms with Crippen LogP contribution in [0.25, 0.3) is 0 Å². The molecule has 2 heterocycles. The summed E-state index contributed by atoms with van der Waals surface area (Å²) in [6.07, 6.45) is 2.55. The van der Waals surface area contributed by atoms with Gasteiger partial charge in [-0.1, -0.05) is 0 Å². The number of nitrogens with zero attached hydrogens (tertiary/aromatic N) is 4. The van der Waals surface area contributed by atoms with Gasteiger partial charge in [0.05, 0.1) is 19.9 Å². The number of aliphatic hydroxyl groups is 1. The first-order valence-corrected chi connectivity index (χ1v) is 6.88. The summed E-state index contributed by atoms with van der Waals surface area (Å²) in [7, 11) is 5.59. The van der Waals surface area contributed by atoms with E-state index in [9.17, 15) is 5.11 Å². The lowest BCUT2D eigenvalue weighted by molar-refractivity contribution is 0.200. The third kappa shape index (κ3) is 3.59. The molecule has 0 radical (unpaired) electrons. The van der Waals surface area contributed by atoms with Gasteiger partial charge in [0, 0.05) is 18.4 Å². The number of aliphatic hydroxyl groups excluding tert-OH is 1. The van der Waals surface area contributed by atoms with Gasteiger partial charge in [0.25, 0.3) is 0 Å². The summed E-state index contributed by atoms with van der Waals surface area (Å²) in [6.45, 7) is 3.42. The predicted octanol–water partition coefficient (Wildman–Crippen LogP) is 1.24. The van der Waals surface area contributed by atoms with Crippen LogP contribution in [0.5, 0.6) is 5.75 Å². The Kier molecular flexibility index (Phi) is 4.93. The van der Waals surface area contributed by atoms with E-state index in [0.717, 1.165) is 17.8 Å². The normalized spacial score (nSPS) is 12.7. The molecule has 2 aromatic heterocycles. The number of rotatable bonds is 6. The maximum atomic E-state index is 10.7. The lowest BCUT2D eigenvalue weighted by Crippen LogP contribution is -2.21. The standard InChI is InChI=1S/C15H22N4O2/c1-11-9-12(5-6-16-11)15(20)14-13(21-4)10-17-19(14)8-7-18(2)3/h5-6,9-10,15,20H,7-8H2,1-4H3. The first-order valence-electron chi connectivity index (χ1n) is 6.88. The molecule has 0 fully saturated rings. The van der Waals surface area contributed by atoms with E-state index in [1.54, 1.807) is 30.3 Å². The van der Waals surface area contributed by atoms with Gasteiger partial charge in [-0.25, -0.2) is 0 Å². The number of aromatic nitrogens is 3. The second-order valence-corrected chi connectivity index (χ2v) is 5.26. The number of aryl methyl sites for hydroxylation is 1. The zero-order valence-electron chi connectivity index (χ0n) is 12.9. The molecule has 6 heteroatoms. The summed E-state index contributed by atoms with van der Waals surface area (Å²) in [6, 6.07) is 3.67. The molecule has 0 aliphatic heterocycles. The molecule has 0 aliphatic carbocycles. The van der Waals surface area contributed by atoms with E-state index in [4.69, 9.17) is 4.74 Å². The molecular formula is C15H22N4O2. The Balaban J connectivity index is 2.34. The first kappa shape index (κ1) is 15.5. The molecule has 0 aliphatic rings. The van der Waals surface area contributed by atoms with Crippen LogP contribution < -0.4 is 4.74 Å². The van der Waals surface area contributed by atoms with Crippen LogP contribution in [0.3, 0.4) is 0 Å². The third-order valence-electron chi connectivity index (χ3n) is 3.32. The van der Waals surface area contributed by atoms with Crippen molar-refractivity contribution < 1.29 is 9.84 Å². The average molecular weight is 290 g/mol. The predicted molar refractivity (Wildman–Crippen MR) is 80.4 cm³/mol. The van der Waals surface area contributed by atoms with Gasteiger partial charge in [-0.2, -0.15) is 5.10 Å². The van der Waals surface area contributed by atoms with Gasteiger partial charge in [0.15, 0.2) is 5.75 Å². The third-order valence-corrected chi connectivity index (χ3v) is 3.32. The molecule has 0 aromatic carbocycles. The molecule has 1 unspecified atom stereocenters. The fourth-order valence-corrected chi connectivity index (χ4v) is 2.18. The number of methoxy groups -OCH3 is 1. The number of ether oxygens (including phenoxy) is 1. The highest BCUT2D eigenvalue weighted by atomic mass is 16.5. The Morgan fingerprint density at radius 2 is 2.19 bits per heavy atom. The van der Waals surface area contributed by atoms with E-state index >= 15 is 0 Å². The van der Waals surface area contributed by atoms with Gasteiger partial charge in [0.1, 0.15) is 11.8 Å². The Morgan fingerprint density at radius 3 is 2.81 bits per heavy atom. The summed E-state index contributed by atoms with van der Waals surface area (Å²) >= 11 is 0. The van der Waals surface area contributed by atoms with Crippen molar-refractivity contribution in [1.82, 2.24) is 19.7 Å². The maximum absolute atomic E-state index is 10.7. The van der Waals surface area contributed by atoms with Crippen LogP contribution in [0.15, 0.2) is 24.5 Å². The SMILES string of the molecule is COc1cnn(CCN(C)C)c1C(O)c1ccnc(C)c1. The van der Waals surface area contributed by atoms with Gasteiger partial charge in [-0.15, -0.1) is 0 Å². The summed E-state index contributed by atoms with van der Waals surface area (Å²) in [5, 5.41) is 15.0. The topological polar surface area (TPSA) is 63.4 Å². The highest BCUT2D eigenvalue weighted by Gasteiger charge is 2.21. The van der Waals surface area contributed by atoms with Gasteiger partial charge in [-0.05, 0) is 38.7 Å². The Bertz CT molecular complexity index is 595. The first-order chi connectivity index (χ1) is 10.0. The Hall–Kier alpha value is -1.92. The highest BCUT2D eigenvalue weighted by Crippen LogP contribution is 2.29. The van der Waals surface area contributed by atoms with Gasteiger partial charge in [0.2, 0.25) is 0 Å². The highest BCUT2D eigenvalue weighted by molar-refractivity contribution is 5.34. The summed E-state index contributed by atoms with van der Waals surface area (Å²) in [4.78, 5) is 6.23. The summed E-state index contributed by atoms with van der Waals surface area (Å²) in [5.74, 6) is 0.593. The van der Waals surface area contributed by atoms with Gasteiger partial charge in [-0.3, -0.25) is 9.67 Å². The minimum Gasteiger partial charge on any atom is -0.493 e. The van der Waals surface area contributed by atoms with Crippen molar-refractivity contribution >= 4 is 0 Å². The fourth-order valence-electron chi connectivity index (χ4n) is 2.18.